The third-order valence-corrected chi connectivity index (χ3v) is 4.26. The first-order valence-electron chi connectivity index (χ1n) is 8.58. The first-order chi connectivity index (χ1) is 11.2. The van der Waals surface area contributed by atoms with Crippen molar-refractivity contribution in [3.05, 3.63) is 59.4 Å². The molecule has 2 rings (SSSR count). The lowest BCUT2D eigenvalue weighted by Gasteiger charge is -2.19. The first-order valence-corrected chi connectivity index (χ1v) is 8.58. The van der Waals surface area contributed by atoms with Gasteiger partial charge >= 0.3 is 5.97 Å². The minimum atomic E-state index is -0.220. The van der Waals surface area contributed by atoms with Crippen molar-refractivity contribution in [2.75, 3.05) is 6.61 Å². The molecular weight excluding hydrogens is 286 g/mol. The molecule has 0 aliphatic carbocycles. The first kappa shape index (κ1) is 17.3. The second kappa shape index (κ2) is 8.56. The van der Waals surface area contributed by atoms with Crippen LogP contribution in [0.1, 0.15) is 61.4 Å². The van der Waals surface area contributed by atoms with Crippen molar-refractivity contribution in [3.8, 4) is 0 Å². The summed E-state index contributed by atoms with van der Waals surface area (Å²) >= 11 is 0. The van der Waals surface area contributed by atoms with E-state index in [1.54, 1.807) is 0 Å². The summed E-state index contributed by atoms with van der Waals surface area (Å²) in [5.74, 6) is -0.220. The molecule has 0 amide bonds. The average Bonchev–Trinajstić information content (AvgIpc) is 2.99. The van der Waals surface area contributed by atoms with Gasteiger partial charge in [0.15, 0.2) is 0 Å². The van der Waals surface area contributed by atoms with Crippen LogP contribution in [-0.2, 0) is 17.6 Å². The van der Waals surface area contributed by atoms with Crippen LogP contribution >= 0.6 is 0 Å². The molecule has 1 unspecified atom stereocenters. The van der Waals surface area contributed by atoms with E-state index in [2.05, 4.69) is 48.7 Å². The molecule has 0 aliphatic rings. The Kier molecular flexibility index (Phi) is 6.45. The van der Waals surface area contributed by atoms with Crippen LogP contribution in [0.4, 0.5) is 0 Å². The number of carbonyl (C=O) groups excluding carboxylic acids is 1. The topological polar surface area (TPSA) is 31.2 Å². The van der Waals surface area contributed by atoms with Gasteiger partial charge in [-0.2, -0.15) is 0 Å². The average molecular weight is 313 g/mol. The van der Waals surface area contributed by atoms with E-state index in [-0.39, 0.29) is 5.97 Å². The van der Waals surface area contributed by atoms with Crippen LogP contribution in [0.2, 0.25) is 0 Å². The van der Waals surface area contributed by atoms with Crippen LogP contribution in [0.5, 0.6) is 0 Å². The fraction of sp³-hybridized carbons (Fsp3) is 0.450. The second-order valence-electron chi connectivity index (χ2n) is 5.90. The standard InChI is InChI=1S/C20H27NO2/c1-4-16(3)21-18(14-15-19(21)20(22)23-5-2)13-9-12-17-10-7-6-8-11-17/h6-8,10-11,14-16H,4-5,9,12-13H2,1-3H3. The van der Waals surface area contributed by atoms with Crippen molar-refractivity contribution in [3.63, 3.8) is 0 Å². The predicted molar refractivity (Wildman–Crippen MR) is 93.9 cm³/mol. The molecule has 124 valence electrons. The highest BCUT2D eigenvalue weighted by Crippen LogP contribution is 2.22. The Morgan fingerprint density at radius 1 is 1.09 bits per heavy atom. The van der Waals surface area contributed by atoms with Gasteiger partial charge in [0.05, 0.1) is 6.61 Å². The molecule has 0 spiro atoms. The summed E-state index contributed by atoms with van der Waals surface area (Å²) in [5.41, 5.74) is 3.26. The molecular formula is C20H27NO2. The van der Waals surface area contributed by atoms with Gasteiger partial charge in [0.2, 0.25) is 0 Å². The number of hydrogen-bond donors (Lipinski definition) is 0. The van der Waals surface area contributed by atoms with Gasteiger partial charge in [0.25, 0.3) is 0 Å². The number of aromatic nitrogens is 1. The molecule has 23 heavy (non-hydrogen) atoms. The van der Waals surface area contributed by atoms with Crippen LogP contribution in [0.3, 0.4) is 0 Å². The number of carbonyl (C=O) groups is 1. The quantitative estimate of drug-likeness (QED) is 0.655. The summed E-state index contributed by atoms with van der Waals surface area (Å²) in [6.07, 6.45) is 4.10. The van der Waals surface area contributed by atoms with Crippen molar-refractivity contribution in [2.45, 2.75) is 52.5 Å². The van der Waals surface area contributed by atoms with E-state index in [0.29, 0.717) is 18.3 Å². The number of esters is 1. The van der Waals surface area contributed by atoms with Gasteiger partial charge in [0, 0.05) is 11.7 Å². The van der Waals surface area contributed by atoms with Crippen LogP contribution < -0.4 is 0 Å². The van der Waals surface area contributed by atoms with E-state index >= 15 is 0 Å². The van der Waals surface area contributed by atoms with Gasteiger partial charge in [-0.15, -0.1) is 0 Å². The SMILES string of the molecule is CCOC(=O)c1ccc(CCCc2ccccc2)n1C(C)CC. The molecule has 0 saturated heterocycles. The number of ether oxygens (including phenoxy) is 1. The van der Waals surface area contributed by atoms with Crippen LogP contribution in [-0.4, -0.2) is 17.1 Å². The lowest BCUT2D eigenvalue weighted by atomic mass is 10.1. The zero-order valence-electron chi connectivity index (χ0n) is 14.4. The minimum Gasteiger partial charge on any atom is -0.461 e. The number of aryl methyl sites for hydroxylation is 2. The van der Waals surface area contributed by atoms with Crippen molar-refractivity contribution < 1.29 is 9.53 Å². The number of benzene rings is 1. The highest BCUT2D eigenvalue weighted by atomic mass is 16.5. The summed E-state index contributed by atoms with van der Waals surface area (Å²) in [5, 5.41) is 0. The highest BCUT2D eigenvalue weighted by Gasteiger charge is 2.18. The van der Waals surface area contributed by atoms with E-state index in [1.807, 2.05) is 19.1 Å². The lowest BCUT2D eigenvalue weighted by Crippen LogP contribution is -2.17. The number of rotatable bonds is 8. The molecule has 0 fully saturated rings. The number of hydrogen-bond acceptors (Lipinski definition) is 2. The third kappa shape index (κ3) is 4.47. The Bertz CT molecular complexity index is 616. The van der Waals surface area contributed by atoms with Gasteiger partial charge in [-0.05, 0) is 57.2 Å². The zero-order chi connectivity index (χ0) is 16.7. The molecule has 1 atom stereocenters. The zero-order valence-corrected chi connectivity index (χ0v) is 14.4. The molecule has 2 aromatic rings. The van der Waals surface area contributed by atoms with Crippen LogP contribution in [0.15, 0.2) is 42.5 Å². The smallest absolute Gasteiger partial charge is 0.354 e. The monoisotopic (exact) mass is 313 g/mol. The predicted octanol–water partition coefficient (Wildman–Crippen LogP) is 4.81. The van der Waals surface area contributed by atoms with E-state index in [9.17, 15) is 4.79 Å². The van der Waals surface area contributed by atoms with Gasteiger partial charge in [-0.25, -0.2) is 4.79 Å². The Labute approximate surface area is 139 Å². The maximum Gasteiger partial charge on any atom is 0.354 e. The van der Waals surface area contributed by atoms with Gasteiger partial charge < -0.3 is 9.30 Å². The highest BCUT2D eigenvalue weighted by molar-refractivity contribution is 5.88. The second-order valence-corrected chi connectivity index (χ2v) is 5.90. The van der Waals surface area contributed by atoms with E-state index < -0.39 is 0 Å². The maximum atomic E-state index is 12.2. The van der Waals surface area contributed by atoms with Crippen LogP contribution in [0.25, 0.3) is 0 Å². The van der Waals surface area contributed by atoms with Crippen molar-refractivity contribution in [2.24, 2.45) is 0 Å². The summed E-state index contributed by atoms with van der Waals surface area (Å²) in [4.78, 5) is 12.2. The number of nitrogens with zero attached hydrogens (tertiary/aromatic N) is 1. The molecule has 0 bridgehead atoms. The van der Waals surface area contributed by atoms with Gasteiger partial charge in [0.1, 0.15) is 5.69 Å². The van der Waals surface area contributed by atoms with E-state index in [0.717, 1.165) is 25.7 Å². The fourth-order valence-electron chi connectivity index (χ4n) is 2.89. The lowest BCUT2D eigenvalue weighted by molar-refractivity contribution is 0.0511. The van der Waals surface area contributed by atoms with Crippen LogP contribution in [0, 0.1) is 0 Å². The molecule has 1 aromatic heterocycles. The maximum absolute atomic E-state index is 12.2. The van der Waals surface area contributed by atoms with Gasteiger partial charge in [-0.3, -0.25) is 0 Å². The largest absolute Gasteiger partial charge is 0.461 e. The normalized spacial score (nSPS) is 12.1. The Morgan fingerprint density at radius 3 is 2.48 bits per heavy atom. The summed E-state index contributed by atoms with van der Waals surface area (Å²) in [7, 11) is 0. The molecule has 0 N–H and O–H groups in total. The Balaban J connectivity index is 2.10. The summed E-state index contributed by atoms with van der Waals surface area (Å²) < 4.78 is 7.35. The molecule has 3 nitrogen and oxygen atoms in total. The van der Waals surface area contributed by atoms with E-state index in [1.165, 1.54) is 11.3 Å². The van der Waals surface area contributed by atoms with Gasteiger partial charge in [-0.1, -0.05) is 37.3 Å². The van der Waals surface area contributed by atoms with Crippen molar-refractivity contribution in [1.82, 2.24) is 4.57 Å². The van der Waals surface area contributed by atoms with Crippen molar-refractivity contribution >= 4 is 5.97 Å². The summed E-state index contributed by atoms with van der Waals surface area (Å²) in [6, 6.07) is 14.8. The Morgan fingerprint density at radius 2 is 1.83 bits per heavy atom. The molecule has 0 saturated carbocycles. The minimum absolute atomic E-state index is 0.220. The molecule has 1 heterocycles. The third-order valence-electron chi connectivity index (χ3n) is 4.26. The molecule has 1 aromatic carbocycles. The summed E-state index contributed by atoms with van der Waals surface area (Å²) in [6.45, 7) is 6.56. The molecule has 0 aliphatic heterocycles. The molecule has 3 heteroatoms. The molecule has 0 radical (unpaired) electrons. The Hall–Kier alpha value is -2.03. The van der Waals surface area contributed by atoms with Crippen molar-refractivity contribution in [1.29, 1.82) is 0 Å². The fourth-order valence-corrected chi connectivity index (χ4v) is 2.89. The van der Waals surface area contributed by atoms with E-state index in [4.69, 9.17) is 4.74 Å².